The summed E-state index contributed by atoms with van der Waals surface area (Å²) in [4.78, 5) is 24.4. The molecule has 1 atom stereocenters. The first-order chi connectivity index (χ1) is 9.11. The summed E-state index contributed by atoms with van der Waals surface area (Å²) in [5, 5.41) is 9.01. The van der Waals surface area contributed by atoms with Gasteiger partial charge in [0.15, 0.2) is 0 Å². The minimum atomic E-state index is -0.920. The van der Waals surface area contributed by atoms with Gasteiger partial charge < -0.3 is 10.0 Å². The summed E-state index contributed by atoms with van der Waals surface area (Å²) in [5.74, 6) is -0.771. The minimum Gasteiger partial charge on any atom is -0.478 e. The molecule has 1 fully saturated rings. The van der Waals surface area contributed by atoms with Crippen LogP contribution in [0.1, 0.15) is 34.7 Å². The Hall–Kier alpha value is -2.10. The molecule has 0 aliphatic carbocycles. The number of likely N-dealkylation sites (tertiary alicyclic amines) is 1. The molecule has 19 heavy (non-hydrogen) atoms. The average Bonchev–Trinajstić information content (AvgIpc) is 2.46. The van der Waals surface area contributed by atoms with Crippen LogP contribution in [0.5, 0.6) is 0 Å². The molecule has 1 saturated heterocycles. The van der Waals surface area contributed by atoms with E-state index in [0.717, 1.165) is 24.9 Å². The van der Waals surface area contributed by atoms with E-state index in [1.165, 1.54) is 6.08 Å². The van der Waals surface area contributed by atoms with Crippen molar-refractivity contribution in [2.45, 2.75) is 18.8 Å². The lowest BCUT2D eigenvalue weighted by molar-refractivity contribution is -0.127. The van der Waals surface area contributed by atoms with Crippen molar-refractivity contribution in [3.63, 3.8) is 0 Å². The second-order valence-corrected chi connectivity index (χ2v) is 4.76. The number of rotatable bonds is 3. The summed E-state index contributed by atoms with van der Waals surface area (Å²) in [7, 11) is 0. The maximum atomic E-state index is 11.6. The van der Waals surface area contributed by atoms with Crippen molar-refractivity contribution in [1.82, 2.24) is 4.90 Å². The van der Waals surface area contributed by atoms with Gasteiger partial charge in [-0.3, -0.25) is 4.79 Å². The highest BCUT2D eigenvalue weighted by Gasteiger charge is 2.23. The molecule has 0 spiro atoms. The molecular weight excluding hydrogens is 242 g/mol. The lowest BCUT2D eigenvalue weighted by Crippen LogP contribution is -2.38. The SMILES string of the molecule is C=CC(=O)N1CCCC(c2cccc(C(=O)O)c2)C1. The Labute approximate surface area is 112 Å². The Balaban J connectivity index is 2.17. The highest BCUT2D eigenvalue weighted by Crippen LogP contribution is 2.27. The number of hydrogen-bond acceptors (Lipinski definition) is 2. The fraction of sp³-hybridized carbons (Fsp3) is 0.333. The predicted molar refractivity (Wildman–Crippen MR) is 72.2 cm³/mol. The summed E-state index contributed by atoms with van der Waals surface area (Å²) in [6.07, 6.45) is 3.24. The largest absolute Gasteiger partial charge is 0.478 e. The second-order valence-electron chi connectivity index (χ2n) is 4.76. The maximum absolute atomic E-state index is 11.6. The van der Waals surface area contributed by atoms with Gasteiger partial charge in [0.2, 0.25) is 5.91 Å². The molecule has 4 nitrogen and oxygen atoms in total. The summed E-state index contributed by atoms with van der Waals surface area (Å²) in [5.41, 5.74) is 1.28. The molecule has 4 heteroatoms. The third-order valence-corrected chi connectivity index (χ3v) is 3.51. The van der Waals surface area contributed by atoms with Crippen LogP contribution < -0.4 is 0 Å². The standard InChI is InChI=1S/C15H17NO3/c1-2-14(17)16-8-4-7-13(10-16)11-5-3-6-12(9-11)15(18)19/h2-3,5-6,9,13H,1,4,7-8,10H2,(H,18,19). The van der Waals surface area contributed by atoms with Crippen LogP contribution in [-0.4, -0.2) is 35.0 Å². The topological polar surface area (TPSA) is 57.6 Å². The molecule has 1 aromatic rings. The molecule has 1 amide bonds. The average molecular weight is 259 g/mol. The van der Waals surface area contributed by atoms with Crippen molar-refractivity contribution in [3.05, 3.63) is 48.0 Å². The number of nitrogens with zero attached hydrogens (tertiary/aromatic N) is 1. The van der Waals surface area contributed by atoms with Crippen LogP contribution in [0, 0.1) is 0 Å². The Morgan fingerprint density at radius 1 is 1.42 bits per heavy atom. The fourth-order valence-electron chi connectivity index (χ4n) is 2.50. The number of aromatic carboxylic acids is 1. The maximum Gasteiger partial charge on any atom is 0.335 e. The Morgan fingerprint density at radius 3 is 2.89 bits per heavy atom. The molecule has 0 radical (unpaired) electrons. The van der Waals surface area contributed by atoms with Crippen molar-refractivity contribution in [3.8, 4) is 0 Å². The molecule has 0 aromatic heterocycles. The van der Waals surface area contributed by atoms with Gasteiger partial charge in [0.25, 0.3) is 0 Å². The van der Waals surface area contributed by atoms with E-state index in [2.05, 4.69) is 6.58 Å². The molecule has 0 bridgehead atoms. The smallest absolute Gasteiger partial charge is 0.335 e. The number of carbonyl (C=O) groups is 2. The van der Waals surface area contributed by atoms with E-state index in [1.807, 2.05) is 6.07 Å². The van der Waals surface area contributed by atoms with E-state index in [0.29, 0.717) is 12.1 Å². The van der Waals surface area contributed by atoms with Crippen LogP contribution in [0.2, 0.25) is 0 Å². The first-order valence-corrected chi connectivity index (χ1v) is 6.36. The molecule has 0 saturated carbocycles. The van der Waals surface area contributed by atoms with Gasteiger partial charge in [-0.15, -0.1) is 0 Å². The van der Waals surface area contributed by atoms with E-state index in [-0.39, 0.29) is 11.8 Å². The zero-order valence-corrected chi connectivity index (χ0v) is 10.7. The molecule has 1 heterocycles. The number of carboxylic acids is 1. The third-order valence-electron chi connectivity index (χ3n) is 3.51. The van der Waals surface area contributed by atoms with Gasteiger partial charge in [0, 0.05) is 19.0 Å². The van der Waals surface area contributed by atoms with Gasteiger partial charge in [-0.1, -0.05) is 18.7 Å². The molecule has 1 aliphatic rings. The molecule has 1 N–H and O–H groups in total. The van der Waals surface area contributed by atoms with Gasteiger partial charge in [0.05, 0.1) is 5.56 Å². The highest BCUT2D eigenvalue weighted by atomic mass is 16.4. The van der Waals surface area contributed by atoms with E-state index in [4.69, 9.17) is 5.11 Å². The Kier molecular flexibility index (Phi) is 4.00. The predicted octanol–water partition coefficient (Wildman–Crippen LogP) is 2.28. The zero-order chi connectivity index (χ0) is 13.8. The number of hydrogen-bond donors (Lipinski definition) is 1. The Morgan fingerprint density at radius 2 is 2.21 bits per heavy atom. The van der Waals surface area contributed by atoms with Crippen LogP contribution >= 0.6 is 0 Å². The van der Waals surface area contributed by atoms with Crippen molar-refractivity contribution < 1.29 is 14.7 Å². The van der Waals surface area contributed by atoms with Crippen LogP contribution in [-0.2, 0) is 4.79 Å². The molecule has 100 valence electrons. The van der Waals surface area contributed by atoms with E-state index in [1.54, 1.807) is 23.1 Å². The highest BCUT2D eigenvalue weighted by molar-refractivity contribution is 5.88. The first kappa shape index (κ1) is 13.3. The summed E-state index contributed by atoms with van der Waals surface area (Å²) >= 11 is 0. The monoisotopic (exact) mass is 259 g/mol. The molecule has 1 aromatic carbocycles. The number of carbonyl (C=O) groups excluding carboxylic acids is 1. The fourth-order valence-corrected chi connectivity index (χ4v) is 2.50. The van der Waals surface area contributed by atoms with Crippen molar-refractivity contribution in [2.24, 2.45) is 0 Å². The first-order valence-electron chi connectivity index (χ1n) is 6.36. The van der Waals surface area contributed by atoms with Gasteiger partial charge >= 0.3 is 5.97 Å². The molecule has 2 rings (SSSR count). The normalized spacial score (nSPS) is 18.9. The van der Waals surface area contributed by atoms with Crippen molar-refractivity contribution in [1.29, 1.82) is 0 Å². The van der Waals surface area contributed by atoms with Gasteiger partial charge in [-0.25, -0.2) is 4.79 Å². The number of piperidine rings is 1. The van der Waals surface area contributed by atoms with E-state index >= 15 is 0 Å². The summed E-state index contributed by atoms with van der Waals surface area (Å²) < 4.78 is 0. The Bertz CT molecular complexity index is 510. The molecule has 1 unspecified atom stereocenters. The minimum absolute atomic E-state index is 0.0564. The quantitative estimate of drug-likeness (QED) is 0.847. The van der Waals surface area contributed by atoms with Crippen LogP contribution in [0.4, 0.5) is 0 Å². The molecule has 1 aliphatic heterocycles. The number of carboxylic acid groups (broad SMARTS) is 1. The number of benzene rings is 1. The zero-order valence-electron chi connectivity index (χ0n) is 10.7. The van der Waals surface area contributed by atoms with Crippen LogP contribution in [0.15, 0.2) is 36.9 Å². The van der Waals surface area contributed by atoms with Crippen LogP contribution in [0.25, 0.3) is 0 Å². The van der Waals surface area contributed by atoms with Crippen molar-refractivity contribution in [2.75, 3.05) is 13.1 Å². The van der Waals surface area contributed by atoms with Gasteiger partial charge in [0.1, 0.15) is 0 Å². The van der Waals surface area contributed by atoms with Gasteiger partial charge in [-0.2, -0.15) is 0 Å². The lowest BCUT2D eigenvalue weighted by Gasteiger charge is -2.32. The van der Waals surface area contributed by atoms with E-state index in [9.17, 15) is 9.59 Å². The third kappa shape index (κ3) is 3.02. The lowest BCUT2D eigenvalue weighted by atomic mass is 9.89. The summed E-state index contributed by atoms with van der Waals surface area (Å²) in [6, 6.07) is 6.97. The van der Waals surface area contributed by atoms with Crippen molar-refractivity contribution >= 4 is 11.9 Å². The molecular formula is C15H17NO3. The second kappa shape index (κ2) is 5.69. The number of amides is 1. The van der Waals surface area contributed by atoms with Crippen LogP contribution in [0.3, 0.4) is 0 Å². The van der Waals surface area contributed by atoms with E-state index < -0.39 is 5.97 Å². The van der Waals surface area contributed by atoms with Gasteiger partial charge in [-0.05, 0) is 36.6 Å². The summed E-state index contributed by atoms with van der Waals surface area (Å²) in [6.45, 7) is 4.88.